The summed E-state index contributed by atoms with van der Waals surface area (Å²) < 4.78 is 5.46. The number of hydrogen-bond donors (Lipinski definition) is 2. The van der Waals surface area contributed by atoms with Crippen LogP contribution < -0.4 is 15.8 Å². The predicted molar refractivity (Wildman–Crippen MR) is 78.1 cm³/mol. The number of thioether (sulfide) groups is 1. The fourth-order valence-corrected chi connectivity index (χ4v) is 2.30. The maximum atomic E-state index is 5.83. The van der Waals surface area contributed by atoms with Crippen LogP contribution in [0.3, 0.4) is 0 Å². The summed E-state index contributed by atoms with van der Waals surface area (Å²) in [5.74, 6) is 2.63. The molecule has 0 aliphatic heterocycles. The summed E-state index contributed by atoms with van der Waals surface area (Å²) in [5.41, 5.74) is 7.59. The molecule has 0 fully saturated rings. The Morgan fingerprint density at radius 2 is 2.18 bits per heavy atom. The minimum atomic E-state index is 0.641. The summed E-state index contributed by atoms with van der Waals surface area (Å²) in [7, 11) is 0. The van der Waals surface area contributed by atoms with E-state index in [1.54, 1.807) is 0 Å². The van der Waals surface area contributed by atoms with Crippen molar-refractivity contribution < 1.29 is 4.74 Å². The minimum absolute atomic E-state index is 0.641. The summed E-state index contributed by atoms with van der Waals surface area (Å²) in [6.45, 7) is 5.82. The Morgan fingerprint density at radius 3 is 2.82 bits per heavy atom. The summed E-state index contributed by atoms with van der Waals surface area (Å²) >= 11 is 1.87. The first kappa shape index (κ1) is 14.0. The molecule has 17 heavy (non-hydrogen) atoms. The Hall–Kier alpha value is -1.03. The zero-order valence-corrected chi connectivity index (χ0v) is 11.6. The lowest BCUT2D eigenvalue weighted by Crippen LogP contribution is -2.13. The molecular weight excluding hydrogens is 232 g/mol. The number of nitrogen functional groups attached to an aromatic ring is 1. The van der Waals surface area contributed by atoms with Crippen LogP contribution in [0.1, 0.15) is 13.8 Å². The molecule has 96 valence electrons. The van der Waals surface area contributed by atoms with Crippen LogP contribution in [-0.4, -0.2) is 25.2 Å². The van der Waals surface area contributed by atoms with E-state index >= 15 is 0 Å². The quantitative estimate of drug-likeness (QED) is 0.734. The molecule has 0 bridgehead atoms. The Labute approximate surface area is 108 Å². The van der Waals surface area contributed by atoms with Crippen molar-refractivity contribution in [1.82, 2.24) is 0 Å². The maximum absolute atomic E-state index is 5.83. The van der Waals surface area contributed by atoms with E-state index in [2.05, 4.69) is 18.5 Å². The van der Waals surface area contributed by atoms with Gasteiger partial charge in [-0.25, -0.2) is 0 Å². The van der Waals surface area contributed by atoms with Gasteiger partial charge in [-0.3, -0.25) is 0 Å². The van der Waals surface area contributed by atoms with Crippen molar-refractivity contribution in [3.8, 4) is 5.75 Å². The molecule has 1 rings (SSSR count). The van der Waals surface area contributed by atoms with Crippen LogP contribution in [0.15, 0.2) is 18.2 Å². The van der Waals surface area contributed by atoms with Crippen molar-refractivity contribution in [3.05, 3.63) is 18.2 Å². The standard InChI is InChI=1S/C13H22N2OS/c1-4-16-13-6-11(14)5-12(7-13)15-8-10(2)9-17-3/h5-7,10,15H,4,8-9,14H2,1-3H3. The van der Waals surface area contributed by atoms with Crippen molar-refractivity contribution in [2.24, 2.45) is 5.92 Å². The molecule has 1 atom stereocenters. The van der Waals surface area contributed by atoms with Gasteiger partial charge in [0.2, 0.25) is 0 Å². The van der Waals surface area contributed by atoms with E-state index in [0.29, 0.717) is 12.5 Å². The van der Waals surface area contributed by atoms with E-state index in [0.717, 1.165) is 29.4 Å². The van der Waals surface area contributed by atoms with Gasteiger partial charge in [0.15, 0.2) is 0 Å². The van der Waals surface area contributed by atoms with Crippen molar-refractivity contribution in [3.63, 3.8) is 0 Å². The second kappa shape index (κ2) is 7.33. The number of nitrogens with two attached hydrogens (primary N) is 1. The first-order valence-electron chi connectivity index (χ1n) is 5.91. The second-order valence-electron chi connectivity index (χ2n) is 4.17. The highest BCUT2D eigenvalue weighted by Crippen LogP contribution is 2.22. The molecule has 0 aromatic heterocycles. The van der Waals surface area contributed by atoms with Gasteiger partial charge in [-0.05, 0) is 30.9 Å². The number of anilines is 2. The van der Waals surface area contributed by atoms with Gasteiger partial charge in [-0.2, -0.15) is 11.8 Å². The van der Waals surface area contributed by atoms with E-state index in [1.807, 2.05) is 36.9 Å². The first-order chi connectivity index (χ1) is 8.15. The molecule has 0 radical (unpaired) electrons. The average molecular weight is 254 g/mol. The molecule has 4 heteroatoms. The zero-order chi connectivity index (χ0) is 12.7. The topological polar surface area (TPSA) is 47.3 Å². The van der Waals surface area contributed by atoms with E-state index in [1.165, 1.54) is 0 Å². The SMILES string of the molecule is CCOc1cc(N)cc(NCC(C)CSC)c1. The van der Waals surface area contributed by atoms with E-state index < -0.39 is 0 Å². The highest BCUT2D eigenvalue weighted by Gasteiger charge is 2.03. The molecule has 0 spiro atoms. The molecule has 1 aromatic rings. The molecule has 3 nitrogen and oxygen atoms in total. The van der Waals surface area contributed by atoms with Gasteiger partial charge in [0.25, 0.3) is 0 Å². The van der Waals surface area contributed by atoms with Crippen LogP contribution in [0.2, 0.25) is 0 Å². The van der Waals surface area contributed by atoms with Crippen LogP contribution in [0.5, 0.6) is 5.75 Å². The molecular formula is C13H22N2OS. The third-order valence-electron chi connectivity index (χ3n) is 2.35. The maximum Gasteiger partial charge on any atom is 0.123 e. The van der Waals surface area contributed by atoms with Gasteiger partial charge in [0.05, 0.1) is 6.61 Å². The fourth-order valence-electron chi connectivity index (χ4n) is 1.61. The summed E-state index contributed by atoms with van der Waals surface area (Å²) in [5, 5.41) is 3.40. The molecule has 0 amide bonds. The Morgan fingerprint density at radius 1 is 1.41 bits per heavy atom. The first-order valence-corrected chi connectivity index (χ1v) is 7.31. The lowest BCUT2D eigenvalue weighted by atomic mass is 10.2. The van der Waals surface area contributed by atoms with Gasteiger partial charge < -0.3 is 15.8 Å². The summed E-state index contributed by atoms with van der Waals surface area (Å²) in [4.78, 5) is 0. The lowest BCUT2D eigenvalue weighted by Gasteiger charge is -2.14. The van der Waals surface area contributed by atoms with E-state index in [-0.39, 0.29) is 0 Å². The van der Waals surface area contributed by atoms with E-state index in [4.69, 9.17) is 10.5 Å². The van der Waals surface area contributed by atoms with Crippen LogP contribution in [-0.2, 0) is 0 Å². The highest BCUT2D eigenvalue weighted by molar-refractivity contribution is 7.98. The van der Waals surface area contributed by atoms with Gasteiger partial charge in [0.1, 0.15) is 5.75 Å². The lowest BCUT2D eigenvalue weighted by molar-refractivity contribution is 0.340. The summed E-state index contributed by atoms with van der Waals surface area (Å²) in [6.07, 6.45) is 2.13. The molecule has 3 N–H and O–H groups in total. The zero-order valence-electron chi connectivity index (χ0n) is 10.8. The molecule has 0 saturated carbocycles. The van der Waals surface area contributed by atoms with Gasteiger partial charge in [0, 0.05) is 30.1 Å². The normalized spacial score (nSPS) is 12.2. The number of rotatable bonds is 7. The third kappa shape index (κ3) is 5.22. The fraction of sp³-hybridized carbons (Fsp3) is 0.538. The van der Waals surface area contributed by atoms with Crippen LogP contribution in [0.25, 0.3) is 0 Å². The smallest absolute Gasteiger partial charge is 0.123 e. The van der Waals surface area contributed by atoms with Crippen molar-refractivity contribution >= 4 is 23.1 Å². The molecule has 0 aliphatic rings. The Bertz CT molecular complexity index is 344. The molecule has 0 saturated heterocycles. The van der Waals surface area contributed by atoms with Crippen molar-refractivity contribution in [2.45, 2.75) is 13.8 Å². The third-order valence-corrected chi connectivity index (χ3v) is 3.25. The number of ether oxygens (including phenoxy) is 1. The summed E-state index contributed by atoms with van der Waals surface area (Å²) in [6, 6.07) is 5.78. The highest BCUT2D eigenvalue weighted by atomic mass is 32.2. The molecule has 0 aliphatic carbocycles. The van der Waals surface area contributed by atoms with E-state index in [9.17, 15) is 0 Å². The Balaban J connectivity index is 2.57. The average Bonchev–Trinajstić information content (AvgIpc) is 2.26. The molecule has 1 aromatic carbocycles. The van der Waals surface area contributed by atoms with Crippen molar-refractivity contribution in [1.29, 1.82) is 0 Å². The minimum Gasteiger partial charge on any atom is -0.494 e. The second-order valence-corrected chi connectivity index (χ2v) is 5.08. The number of nitrogens with one attached hydrogen (secondary N) is 1. The Kier molecular flexibility index (Phi) is 6.05. The molecule has 0 heterocycles. The van der Waals surface area contributed by atoms with Crippen LogP contribution >= 0.6 is 11.8 Å². The van der Waals surface area contributed by atoms with Crippen molar-refractivity contribution in [2.75, 3.05) is 36.2 Å². The van der Waals surface area contributed by atoms with Crippen LogP contribution in [0.4, 0.5) is 11.4 Å². The monoisotopic (exact) mass is 254 g/mol. The van der Waals surface area contributed by atoms with Gasteiger partial charge in [-0.15, -0.1) is 0 Å². The van der Waals surface area contributed by atoms with Gasteiger partial charge >= 0.3 is 0 Å². The molecule has 1 unspecified atom stereocenters. The number of benzene rings is 1. The largest absolute Gasteiger partial charge is 0.494 e. The van der Waals surface area contributed by atoms with Gasteiger partial charge in [-0.1, -0.05) is 6.92 Å². The predicted octanol–water partition coefficient (Wildman–Crippen LogP) is 3.08. The van der Waals surface area contributed by atoms with Crippen LogP contribution in [0, 0.1) is 5.92 Å². The number of hydrogen-bond acceptors (Lipinski definition) is 4.